The molecule has 1 aliphatic rings. The average Bonchev–Trinajstić information content (AvgIpc) is 2.18. The van der Waals surface area contributed by atoms with E-state index in [1.165, 1.54) is 0 Å². The molecule has 1 rings (SSSR count). The Bertz CT molecular complexity index is 183. The van der Waals surface area contributed by atoms with E-state index in [2.05, 4.69) is 11.9 Å². The largest absolute Gasteiger partial charge is 0.396 e. The summed E-state index contributed by atoms with van der Waals surface area (Å²) >= 11 is 0. The van der Waals surface area contributed by atoms with E-state index in [-0.39, 0.29) is 12.5 Å². The lowest BCUT2D eigenvalue weighted by atomic mass is 10.2. The van der Waals surface area contributed by atoms with Gasteiger partial charge in [0.1, 0.15) is 0 Å². The van der Waals surface area contributed by atoms with Crippen molar-refractivity contribution in [2.75, 3.05) is 26.2 Å². The summed E-state index contributed by atoms with van der Waals surface area (Å²) in [6, 6.07) is 0. The lowest BCUT2D eigenvalue weighted by Crippen LogP contribution is -2.51. The molecule has 0 aromatic carbocycles. The summed E-state index contributed by atoms with van der Waals surface area (Å²) in [7, 11) is 0. The number of hydrazine groups is 1. The molecule has 4 heteroatoms. The molecule has 1 aliphatic heterocycles. The molecule has 1 N–H and O–H groups in total. The van der Waals surface area contributed by atoms with Crippen molar-refractivity contribution >= 4 is 5.91 Å². The Hall–Kier alpha value is -0.610. The van der Waals surface area contributed by atoms with Crippen molar-refractivity contribution in [2.24, 2.45) is 0 Å². The first-order valence-corrected chi connectivity index (χ1v) is 5.45. The van der Waals surface area contributed by atoms with Gasteiger partial charge in [0.05, 0.1) is 0 Å². The Morgan fingerprint density at radius 2 is 2.21 bits per heavy atom. The van der Waals surface area contributed by atoms with Crippen molar-refractivity contribution in [2.45, 2.75) is 32.6 Å². The second-order valence-corrected chi connectivity index (χ2v) is 3.65. The summed E-state index contributed by atoms with van der Waals surface area (Å²) in [6.45, 7) is 4.85. The Kier molecular flexibility index (Phi) is 4.90. The molecule has 0 aliphatic carbocycles. The standard InChI is InChI=1S/C10H20N2O2/c1-2-6-11-7-3-5-10(14)12(11)8-4-9-13/h13H,2-9H2,1H3. The van der Waals surface area contributed by atoms with E-state index < -0.39 is 0 Å². The fourth-order valence-electron chi connectivity index (χ4n) is 1.80. The molecule has 82 valence electrons. The molecule has 4 nitrogen and oxygen atoms in total. The molecule has 0 saturated carbocycles. The van der Waals surface area contributed by atoms with Gasteiger partial charge in [0.2, 0.25) is 5.91 Å². The molecular formula is C10H20N2O2. The number of rotatable bonds is 5. The highest BCUT2D eigenvalue weighted by atomic mass is 16.3. The summed E-state index contributed by atoms with van der Waals surface area (Å²) in [5, 5.41) is 12.7. The zero-order chi connectivity index (χ0) is 10.4. The van der Waals surface area contributed by atoms with Gasteiger partial charge in [-0.2, -0.15) is 0 Å². The van der Waals surface area contributed by atoms with E-state index in [4.69, 9.17) is 5.11 Å². The van der Waals surface area contributed by atoms with E-state index >= 15 is 0 Å². The first-order valence-electron chi connectivity index (χ1n) is 5.45. The number of amides is 1. The molecule has 0 aromatic heterocycles. The van der Waals surface area contributed by atoms with Crippen LogP contribution in [0.15, 0.2) is 0 Å². The number of nitrogens with zero attached hydrogens (tertiary/aromatic N) is 2. The summed E-state index contributed by atoms with van der Waals surface area (Å²) in [5.74, 6) is 0.207. The summed E-state index contributed by atoms with van der Waals surface area (Å²) in [4.78, 5) is 11.6. The Balaban J connectivity index is 2.47. The van der Waals surface area contributed by atoms with Crippen molar-refractivity contribution in [3.05, 3.63) is 0 Å². The van der Waals surface area contributed by atoms with Gasteiger partial charge in [0, 0.05) is 32.7 Å². The molecule has 0 bridgehead atoms. The van der Waals surface area contributed by atoms with E-state index in [0.29, 0.717) is 19.4 Å². The van der Waals surface area contributed by atoms with Gasteiger partial charge in [0.25, 0.3) is 0 Å². The van der Waals surface area contributed by atoms with E-state index in [1.54, 1.807) is 0 Å². The molecule has 0 spiro atoms. The van der Waals surface area contributed by atoms with Crippen LogP contribution in [0.1, 0.15) is 32.6 Å². The number of carbonyl (C=O) groups is 1. The maximum Gasteiger partial charge on any atom is 0.236 e. The minimum Gasteiger partial charge on any atom is -0.396 e. The Morgan fingerprint density at radius 1 is 1.43 bits per heavy atom. The van der Waals surface area contributed by atoms with Gasteiger partial charge in [-0.15, -0.1) is 0 Å². The first-order chi connectivity index (χ1) is 6.79. The van der Waals surface area contributed by atoms with Crippen LogP contribution in [0.4, 0.5) is 0 Å². The summed E-state index contributed by atoms with van der Waals surface area (Å²) in [6.07, 6.45) is 3.36. The third kappa shape index (κ3) is 2.96. The SMILES string of the molecule is CCCN1CCCC(=O)N1CCCO. The van der Waals surface area contributed by atoms with Crippen molar-refractivity contribution in [3.8, 4) is 0 Å². The number of aliphatic hydroxyl groups excluding tert-OH is 1. The fourth-order valence-corrected chi connectivity index (χ4v) is 1.80. The maximum absolute atomic E-state index is 11.6. The van der Waals surface area contributed by atoms with Crippen LogP contribution >= 0.6 is 0 Å². The Labute approximate surface area is 85.5 Å². The van der Waals surface area contributed by atoms with Crippen LogP contribution in [0.3, 0.4) is 0 Å². The minimum atomic E-state index is 0.156. The van der Waals surface area contributed by atoms with Crippen LogP contribution in [0.5, 0.6) is 0 Å². The molecular weight excluding hydrogens is 180 g/mol. The van der Waals surface area contributed by atoms with E-state index in [0.717, 1.165) is 25.9 Å². The van der Waals surface area contributed by atoms with Gasteiger partial charge in [-0.25, -0.2) is 5.01 Å². The zero-order valence-corrected chi connectivity index (χ0v) is 8.91. The lowest BCUT2D eigenvalue weighted by molar-refractivity contribution is -0.155. The zero-order valence-electron chi connectivity index (χ0n) is 8.91. The van der Waals surface area contributed by atoms with Gasteiger partial charge in [-0.3, -0.25) is 9.80 Å². The van der Waals surface area contributed by atoms with E-state index in [9.17, 15) is 4.79 Å². The maximum atomic E-state index is 11.6. The van der Waals surface area contributed by atoms with Crippen LogP contribution in [0, 0.1) is 0 Å². The first kappa shape index (κ1) is 11.5. The number of hydrogen-bond acceptors (Lipinski definition) is 3. The van der Waals surface area contributed by atoms with Crippen LogP contribution in [-0.4, -0.2) is 47.3 Å². The van der Waals surface area contributed by atoms with E-state index in [1.807, 2.05) is 5.01 Å². The van der Waals surface area contributed by atoms with Crippen molar-refractivity contribution in [1.82, 2.24) is 10.0 Å². The van der Waals surface area contributed by atoms with Crippen LogP contribution < -0.4 is 0 Å². The number of hydrogen-bond donors (Lipinski definition) is 1. The minimum absolute atomic E-state index is 0.156. The Morgan fingerprint density at radius 3 is 2.86 bits per heavy atom. The highest BCUT2D eigenvalue weighted by Crippen LogP contribution is 2.12. The monoisotopic (exact) mass is 200 g/mol. The third-order valence-electron chi connectivity index (χ3n) is 2.45. The number of carbonyl (C=O) groups excluding carboxylic acids is 1. The van der Waals surface area contributed by atoms with Gasteiger partial charge in [-0.1, -0.05) is 6.92 Å². The molecule has 1 amide bonds. The second-order valence-electron chi connectivity index (χ2n) is 3.65. The highest BCUT2D eigenvalue weighted by Gasteiger charge is 2.24. The lowest BCUT2D eigenvalue weighted by Gasteiger charge is -2.38. The van der Waals surface area contributed by atoms with Crippen molar-refractivity contribution in [3.63, 3.8) is 0 Å². The molecule has 0 unspecified atom stereocenters. The molecule has 0 aromatic rings. The molecule has 14 heavy (non-hydrogen) atoms. The molecule has 1 fully saturated rings. The van der Waals surface area contributed by atoms with Crippen LogP contribution in [-0.2, 0) is 4.79 Å². The highest BCUT2D eigenvalue weighted by molar-refractivity contribution is 5.76. The topological polar surface area (TPSA) is 43.8 Å². The predicted molar refractivity (Wildman–Crippen MR) is 54.5 cm³/mol. The van der Waals surface area contributed by atoms with Crippen molar-refractivity contribution < 1.29 is 9.90 Å². The van der Waals surface area contributed by atoms with Crippen molar-refractivity contribution in [1.29, 1.82) is 0 Å². The van der Waals surface area contributed by atoms with Gasteiger partial charge in [-0.05, 0) is 19.3 Å². The molecule has 0 atom stereocenters. The molecule has 1 heterocycles. The third-order valence-corrected chi connectivity index (χ3v) is 2.45. The predicted octanol–water partition coefficient (Wildman–Crippen LogP) is 0.618. The second kappa shape index (κ2) is 5.98. The van der Waals surface area contributed by atoms with Gasteiger partial charge in [0.15, 0.2) is 0 Å². The smallest absolute Gasteiger partial charge is 0.236 e. The van der Waals surface area contributed by atoms with Gasteiger partial charge >= 0.3 is 0 Å². The molecule has 0 radical (unpaired) electrons. The average molecular weight is 200 g/mol. The quantitative estimate of drug-likeness (QED) is 0.707. The normalized spacial score (nSPS) is 19.0. The summed E-state index contributed by atoms with van der Waals surface area (Å²) < 4.78 is 0. The fraction of sp³-hybridized carbons (Fsp3) is 0.900. The number of aliphatic hydroxyl groups is 1. The molecule has 1 saturated heterocycles. The van der Waals surface area contributed by atoms with Crippen LogP contribution in [0.2, 0.25) is 0 Å². The van der Waals surface area contributed by atoms with Gasteiger partial charge < -0.3 is 5.11 Å². The summed E-state index contributed by atoms with van der Waals surface area (Å²) in [5.41, 5.74) is 0. The van der Waals surface area contributed by atoms with Crippen LogP contribution in [0.25, 0.3) is 0 Å².